The number of ether oxygens (including phenoxy) is 2. The second kappa shape index (κ2) is 9.85. The van der Waals surface area contributed by atoms with Crippen molar-refractivity contribution in [2.45, 2.75) is 13.8 Å². The molecular formula is C25H29ClN4O3. The van der Waals surface area contributed by atoms with Crippen LogP contribution in [0.4, 0.5) is 17.1 Å². The molecule has 1 N–H and O–H groups in total. The van der Waals surface area contributed by atoms with Crippen LogP contribution in [0.5, 0.6) is 5.75 Å². The largest absolute Gasteiger partial charge is 0.495 e. The smallest absolute Gasteiger partial charge is 0.341 e. The molecule has 1 aromatic heterocycles. The number of pyridine rings is 1. The van der Waals surface area contributed by atoms with E-state index in [0.29, 0.717) is 27.5 Å². The molecular weight excluding hydrogens is 440 g/mol. The van der Waals surface area contributed by atoms with Crippen molar-refractivity contribution < 1.29 is 14.3 Å². The first-order valence-corrected chi connectivity index (χ1v) is 11.4. The zero-order valence-corrected chi connectivity index (χ0v) is 20.2. The van der Waals surface area contributed by atoms with Crippen LogP contribution >= 0.6 is 11.6 Å². The molecule has 0 saturated carbocycles. The van der Waals surface area contributed by atoms with Crippen molar-refractivity contribution in [1.29, 1.82) is 0 Å². The van der Waals surface area contributed by atoms with E-state index in [2.05, 4.69) is 27.1 Å². The fourth-order valence-corrected chi connectivity index (χ4v) is 4.22. The number of likely N-dealkylation sites (N-methyl/N-ethyl adjacent to an activating group) is 1. The molecule has 1 fully saturated rings. The number of piperazine rings is 1. The Bertz CT molecular complexity index is 1180. The first-order valence-electron chi connectivity index (χ1n) is 11.1. The zero-order valence-electron chi connectivity index (χ0n) is 19.4. The third-order valence-electron chi connectivity index (χ3n) is 5.96. The summed E-state index contributed by atoms with van der Waals surface area (Å²) in [6.07, 6.45) is 1.54. The molecule has 33 heavy (non-hydrogen) atoms. The quantitative estimate of drug-likeness (QED) is 0.517. The van der Waals surface area contributed by atoms with Crippen LogP contribution in [0.3, 0.4) is 0 Å². The maximum Gasteiger partial charge on any atom is 0.341 e. The second-order valence-electron chi connectivity index (χ2n) is 8.16. The number of halogens is 1. The molecule has 0 aliphatic carbocycles. The van der Waals surface area contributed by atoms with Crippen LogP contribution in [0.2, 0.25) is 5.02 Å². The summed E-state index contributed by atoms with van der Waals surface area (Å²) in [5.74, 6) is 0.318. The molecule has 0 bridgehead atoms. The van der Waals surface area contributed by atoms with E-state index in [1.54, 1.807) is 20.2 Å². The van der Waals surface area contributed by atoms with Gasteiger partial charge in [-0.15, -0.1) is 0 Å². The number of fused-ring (bicyclic) bond motifs is 1. The van der Waals surface area contributed by atoms with Gasteiger partial charge in [0.15, 0.2) is 0 Å². The van der Waals surface area contributed by atoms with Crippen molar-refractivity contribution in [2.75, 3.05) is 57.2 Å². The Labute approximate surface area is 199 Å². The highest BCUT2D eigenvalue weighted by atomic mass is 35.5. The molecule has 1 saturated heterocycles. The number of hydrogen-bond donors (Lipinski definition) is 1. The summed E-state index contributed by atoms with van der Waals surface area (Å²) in [6.45, 7) is 7.70. The van der Waals surface area contributed by atoms with Gasteiger partial charge in [-0.2, -0.15) is 0 Å². The van der Waals surface area contributed by atoms with Gasteiger partial charge in [-0.1, -0.05) is 23.7 Å². The van der Waals surface area contributed by atoms with Gasteiger partial charge in [-0.25, -0.2) is 4.79 Å². The molecule has 2 aromatic carbocycles. The minimum absolute atomic E-state index is 0.274. The summed E-state index contributed by atoms with van der Waals surface area (Å²) < 4.78 is 11.0. The number of rotatable bonds is 6. The van der Waals surface area contributed by atoms with Crippen molar-refractivity contribution in [3.8, 4) is 5.75 Å². The number of esters is 1. The molecule has 1 aliphatic rings. The van der Waals surface area contributed by atoms with Crippen LogP contribution in [0.25, 0.3) is 10.9 Å². The lowest BCUT2D eigenvalue weighted by Crippen LogP contribution is -2.44. The average molecular weight is 469 g/mol. The first kappa shape index (κ1) is 23.1. The highest BCUT2D eigenvalue weighted by Crippen LogP contribution is 2.39. The minimum atomic E-state index is -0.435. The third-order valence-corrected chi connectivity index (χ3v) is 6.46. The molecule has 8 heteroatoms. The number of aromatic nitrogens is 1. The van der Waals surface area contributed by atoms with Crippen LogP contribution in [0, 0.1) is 6.92 Å². The zero-order chi connectivity index (χ0) is 23.5. The number of hydrogen-bond acceptors (Lipinski definition) is 7. The summed E-state index contributed by atoms with van der Waals surface area (Å²) in [4.78, 5) is 22.0. The van der Waals surface area contributed by atoms with Gasteiger partial charge in [0.25, 0.3) is 0 Å². The fourth-order valence-electron chi connectivity index (χ4n) is 4.04. The number of nitrogens with one attached hydrogen (secondary N) is 1. The standard InChI is InChI=1S/C25H29ClN4O3/c1-5-33-25(31)18-15-27-20-14-22(32-4)21(30-11-9-29(3)10-12-30)13-17(20)24(18)28-19-8-6-7-16(2)23(19)26/h6-8,13-15H,5,9-12H2,1-4H3,(H,27,28). The van der Waals surface area contributed by atoms with Gasteiger partial charge in [0.1, 0.15) is 11.3 Å². The molecule has 0 atom stereocenters. The maximum atomic E-state index is 12.8. The number of aryl methyl sites for hydroxylation is 1. The number of carbonyl (C=O) groups is 1. The van der Waals surface area contributed by atoms with Gasteiger partial charge in [0, 0.05) is 43.8 Å². The fraction of sp³-hybridized carbons (Fsp3) is 0.360. The molecule has 0 unspecified atom stereocenters. The van der Waals surface area contributed by atoms with Crippen LogP contribution in [0.15, 0.2) is 36.5 Å². The SMILES string of the molecule is CCOC(=O)c1cnc2cc(OC)c(N3CCN(C)CC3)cc2c1Nc1cccc(C)c1Cl. The molecule has 7 nitrogen and oxygen atoms in total. The van der Waals surface area contributed by atoms with E-state index >= 15 is 0 Å². The Morgan fingerprint density at radius 1 is 1.21 bits per heavy atom. The normalized spacial score (nSPS) is 14.4. The molecule has 4 rings (SSSR count). The van der Waals surface area contributed by atoms with Crippen LogP contribution in [-0.4, -0.2) is 62.8 Å². The number of benzene rings is 2. The Morgan fingerprint density at radius 2 is 1.97 bits per heavy atom. The molecule has 0 amide bonds. The summed E-state index contributed by atoms with van der Waals surface area (Å²) >= 11 is 6.57. The monoisotopic (exact) mass is 468 g/mol. The lowest BCUT2D eigenvalue weighted by atomic mass is 10.1. The van der Waals surface area contributed by atoms with E-state index in [9.17, 15) is 4.79 Å². The number of carbonyl (C=O) groups excluding carboxylic acids is 1. The predicted molar refractivity (Wildman–Crippen MR) is 133 cm³/mol. The predicted octanol–water partition coefficient (Wildman–Crippen LogP) is 4.88. The van der Waals surface area contributed by atoms with Gasteiger partial charge in [0.05, 0.1) is 41.3 Å². The topological polar surface area (TPSA) is 66.9 Å². The number of methoxy groups -OCH3 is 1. The molecule has 2 heterocycles. The van der Waals surface area contributed by atoms with Crippen molar-refractivity contribution in [2.24, 2.45) is 0 Å². The van der Waals surface area contributed by atoms with E-state index in [1.165, 1.54) is 0 Å². The summed E-state index contributed by atoms with van der Waals surface area (Å²) in [7, 11) is 3.79. The van der Waals surface area contributed by atoms with Crippen molar-refractivity contribution >= 4 is 45.5 Å². The Hall–Kier alpha value is -3.03. The first-order chi connectivity index (χ1) is 15.9. The highest BCUT2D eigenvalue weighted by molar-refractivity contribution is 6.34. The summed E-state index contributed by atoms with van der Waals surface area (Å²) in [5, 5.41) is 4.80. The van der Waals surface area contributed by atoms with E-state index in [1.807, 2.05) is 37.3 Å². The molecule has 0 spiro atoms. The van der Waals surface area contributed by atoms with Gasteiger partial charge >= 0.3 is 5.97 Å². The number of nitrogens with zero attached hydrogens (tertiary/aromatic N) is 3. The van der Waals surface area contributed by atoms with Gasteiger partial charge in [0.2, 0.25) is 0 Å². The minimum Gasteiger partial charge on any atom is -0.495 e. The summed E-state index contributed by atoms with van der Waals surface area (Å²) in [5.41, 5.74) is 4.31. The summed E-state index contributed by atoms with van der Waals surface area (Å²) in [6, 6.07) is 9.72. The van der Waals surface area contributed by atoms with Crippen LogP contribution in [-0.2, 0) is 4.74 Å². The van der Waals surface area contributed by atoms with E-state index in [-0.39, 0.29) is 6.61 Å². The van der Waals surface area contributed by atoms with E-state index < -0.39 is 5.97 Å². The van der Waals surface area contributed by atoms with E-state index in [0.717, 1.165) is 48.6 Å². The van der Waals surface area contributed by atoms with Crippen molar-refractivity contribution in [3.05, 3.63) is 52.7 Å². The molecule has 0 radical (unpaired) electrons. The highest BCUT2D eigenvalue weighted by Gasteiger charge is 2.23. The second-order valence-corrected chi connectivity index (χ2v) is 8.54. The third kappa shape index (κ3) is 4.70. The average Bonchev–Trinajstić information content (AvgIpc) is 2.82. The van der Waals surface area contributed by atoms with Crippen molar-refractivity contribution in [3.63, 3.8) is 0 Å². The maximum absolute atomic E-state index is 12.8. The Balaban J connectivity index is 1.90. The molecule has 3 aromatic rings. The Morgan fingerprint density at radius 3 is 2.67 bits per heavy atom. The number of anilines is 3. The lowest BCUT2D eigenvalue weighted by Gasteiger charge is -2.35. The van der Waals surface area contributed by atoms with Crippen LogP contribution < -0.4 is 15.0 Å². The molecule has 1 aliphatic heterocycles. The van der Waals surface area contributed by atoms with Crippen molar-refractivity contribution in [1.82, 2.24) is 9.88 Å². The van der Waals surface area contributed by atoms with Crippen LogP contribution in [0.1, 0.15) is 22.8 Å². The van der Waals surface area contributed by atoms with Gasteiger partial charge in [-0.05, 0) is 38.6 Å². The lowest BCUT2D eigenvalue weighted by molar-refractivity contribution is 0.0527. The van der Waals surface area contributed by atoms with Gasteiger partial charge < -0.3 is 24.6 Å². The Kier molecular flexibility index (Phi) is 6.91. The van der Waals surface area contributed by atoms with E-state index in [4.69, 9.17) is 21.1 Å². The van der Waals surface area contributed by atoms with Gasteiger partial charge in [-0.3, -0.25) is 4.98 Å². The molecule has 174 valence electrons.